The van der Waals surface area contributed by atoms with E-state index in [1.807, 2.05) is 30.3 Å². The molecule has 0 aromatic heterocycles. The topological polar surface area (TPSA) is 49.4 Å². The van der Waals surface area contributed by atoms with Gasteiger partial charge in [0, 0.05) is 28.7 Å². The van der Waals surface area contributed by atoms with Gasteiger partial charge in [-0.1, -0.05) is 53.5 Å². The summed E-state index contributed by atoms with van der Waals surface area (Å²) in [5.41, 5.74) is 1.42. The normalized spacial score (nSPS) is 16.7. The molecule has 2 aromatic rings. The number of rotatable bonds is 4. The number of likely N-dealkylation sites (tertiary alicyclic amines) is 1. The van der Waals surface area contributed by atoms with Gasteiger partial charge in [0.1, 0.15) is 6.04 Å². The SMILES string of the molecule is O=C(NCc1ccccc1)[C@@H]1CCCN1C(=O)c1cc(Cl)cc(Cl)c1. The molecular weight excluding hydrogens is 359 g/mol. The molecule has 1 aliphatic heterocycles. The molecule has 6 heteroatoms. The number of nitrogens with zero attached hydrogens (tertiary/aromatic N) is 1. The molecule has 0 bridgehead atoms. The Hall–Kier alpha value is -2.04. The van der Waals surface area contributed by atoms with Crippen LogP contribution in [0.3, 0.4) is 0 Å². The van der Waals surface area contributed by atoms with E-state index in [1.54, 1.807) is 23.1 Å². The molecule has 4 nitrogen and oxygen atoms in total. The van der Waals surface area contributed by atoms with Crippen molar-refractivity contribution in [3.05, 3.63) is 69.7 Å². The van der Waals surface area contributed by atoms with Gasteiger partial charge in [0.05, 0.1) is 0 Å². The molecule has 3 rings (SSSR count). The molecule has 1 N–H and O–H groups in total. The minimum absolute atomic E-state index is 0.136. The summed E-state index contributed by atoms with van der Waals surface area (Å²) in [6.07, 6.45) is 1.45. The average Bonchev–Trinajstić information content (AvgIpc) is 3.09. The molecular formula is C19H18Cl2N2O2. The molecule has 1 aliphatic rings. The highest BCUT2D eigenvalue weighted by atomic mass is 35.5. The van der Waals surface area contributed by atoms with E-state index in [-0.39, 0.29) is 11.8 Å². The van der Waals surface area contributed by atoms with Gasteiger partial charge in [-0.3, -0.25) is 9.59 Å². The molecule has 2 amide bonds. The average molecular weight is 377 g/mol. The van der Waals surface area contributed by atoms with Crippen LogP contribution >= 0.6 is 23.2 Å². The molecule has 1 atom stereocenters. The van der Waals surface area contributed by atoms with E-state index < -0.39 is 6.04 Å². The Morgan fingerprint density at radius 3 is 2.44 bits per heavy atom. The van der Waals surface area contributed by atoms with Gasteiger partial charge in [-0.15, -0.1) is 0 Å². The molecule has 1 fully saturated rings. The summed E-state index contributed by atoms with van der Waals surface area (Å²) in [7, 11) is 0. The summed E-state index contributed by atoms with van der Waals surface area (Å²) in [4.78, 5) is 26.9. The van der Waals surface area contributed by atoms with Crippen LogP contribution in [0.5, 0.6) is 0 Å². The number of carbonyl (C=O) groups excluding carboxylic acids is 2. The van der Waals surface area contributed by atoms with Crippen molar-refractivity contribution in [2.45, 2.75) is 25.4 Å². The van der Waals surface area contributed by atoms with Crippen LogP contribution in [0.4, 0.5) is 0 Å². The van der Waals surface area contributed by atoms with E-state index in [0.29, 0.717) is 35.1 Å². The summed E-state index contributed by atoms with van der Waals surface area (Å²) in [6.45, 7) is 0.994. The predicted molar refractivity (Wildman–Crippen MR) is 98.8 cm³/mol. The first-order valence-electron chi connectivity index (χ1n) is 8.13. The van der Waals surface area contributed by atoms with Crippen LogP contribution in [0, 0.1) is 0 Å². The predicted octanol–water partition coefficient (Wildman–Crippen LogP) is 3.91. The molecule has 2 aromatic carbocycles. The van der Waals surface area contributed by atoms with Gasteiger partial charge in [-0.2, -0.15) is 0 Å². The number of halogens is 2. The lowest BCUT2D eigenvalue weighted by atomic mass is 10.1. The first-order chi connectivity index (χ1) is 12.0. The third kappa shape index (κ3) is 4.33. The Morgan fingerprint density at radius 2 is 1.76 bits per heavy atom. The van der Waals surface area contributed by atoms with E-state index in [4.69, 9.17) is 23.2 Å². The van der Waals surface area contributed by atoms with E-state index in [1.165, 1.54) is 0 Å². The summed E-state index contributed by atoms with van der Waals surface area (Å²) < 4.78 is 0. The summed E-state index contributed by atoms with van der Waals surface area (Å²) in [5, 5.41) is 3.72. The number of benzene rings is 2. The fraction of sp³-hybridized carbons (Fsp3) is 0.263. The Morgan fingerprint density at radius 1 is 1.08 bits per heavy atom. The summed E-state index contributed by atoms with van der Waals surface area (Å²) in [6, 6.07) is 13.9. The van der Waals surface area contributed by atoms with Crippen molar-refractivity contribution in [3.8, 4) is 0 Å². The fourth-order valence-electron chi connectivity index (χ4n) is 3.03. The van der Waals surface area contributed by atoms with Crippen molar-refractivity contribution in [1.29, 1.82) is 0 Å². The largest absolute Gasteiger partial charge is 0.350 e. The number of nitrogens with one attached hydrogen (secondary N) is 1. The van der Waals surface area contributed by atoms with Crippen LogP contribution in [0.15, 0.2) is 48.5 Å². The van der Waals surface area contributed by atoms with Crippen LogP contribution in [0.2, 0.25) is 10.0 Å². The summed E-state index contributed by atoms with van der Waals surface area (Å²) >= 11 is 12.0. The minimum Gasteiger partial charge on any atom is -0.350 e. The zero-order valence-electron chi connectivity index (χ0n) is 13.5. The number of hydrogen-bond donors (Lipinski definition) is 1. The maximum Gasteiger partial charge on any atom is 0.254 e. The van der Waals surface area contributed by atoms with Gasteiger partial charge >= 0.3 is 0 Å². The number of hydrogen-bond acceptors (Lipinski definition) is 2. The molecule has 0 unspecified atom stereocenters. The zero-order valence-corrected chi connectivity index (χ0v) is 15.1. The van der Waals surface area contributed by atoms with E-state index >= 15 is 0 Å². The highest BCUT2D eigenvalue weighted by molar-refractivity contribution is 6.35. The van der Waals surface area contributed by atoms with Gasteiger partial charge < -0.3 is 10.2 Å². The number of carbonyl (C=O) groups is 2. The maximum atomic E-state index is 12.8. The van der Waals surface area contributed by atoms with E-state index in [9.17, 15) is 9.59 Å². The number of amides is 2. The molecule has 0 spiro atoms. The van der Waals surface area contributed by atoms with Crippen LogP contribution in [0.25, 0.3) is 0 Å². The maximum absolute atomic E-state index is 12.8. The highest BCUT2D eigenvalue weighted by Crippen LogP contribution is 2.24. The third-order valence-electron chi connectivity index (χ3n) is 4.24. The van der Waals surface area contributed by atoms with Crippen molar-refractivity contribution in [2.75, 3.05) is 6.54 Å². The second kappa shape index (κ2) is 7.89. The second-order valence-corrected chi connectivity index (χ2v) is 6.89. The highest BCUT2D eigenvalue weighted by Gasteiger charge is 2.34. The molecule has 130 valence electrons. The van der Waals surface area contributed by atoms with E-state index in [0.717, 1.165) is 12.0 Å². The van der Waals surface area contributed by atoms with Gasteiger partial charge in [0.15, 0.2) is 0 Å². The van der Waals surface area contributed by atoms with Crippen LogP contribution in [-0.2, 0) is 11.3 Å². The van der Waals surface area contributed by atoms with Crippen LogP contribution < -0.4 is 5.32 Å². The van der Waals surface area contributed by atoms with Gasteiger partial charge in [-0.25, -0.2) is 0 Å². The zero-order chi connectivity index (χ0) is 17.8. The summed E-state index contributed by atoms with van der Waals surface area (Å²) in [5.74, 6) is -0.357. The quantitative estimate of drug-likeness (QED) is 0.878. The molecule has 0 aliphatic carbocycles. The smallest absolute Gasteiger partial charge is 0.254 e. The Balaban J connectivity index is 1.69. The van der Waals surface area contributed by atoms with Gasteiger partial charge in [0.2, 0.25) is 5.91 Å². The van der Waals surface area contributed by atoms with Crippen LogP contribution in [-0.4, -0.2) is 29.3 Å². The lowest BCUT2D eigenvalue weighted by Crippen LogP contribution is -2.45. The standard InChI is InChI=1S/C19H18Cl2N2O2/c20-15-9-14(10-16(21)11-15)19(25)23-8-4-7-17(23)18(24)22-12-13-5-2-1-3-6-13/h1-3,5-6,9-11,17H,4,7-8,12H2,(H,22,24)/t17-/m0/s1. The Kier molecular flexibility index (Phi) is 5.61. The van der Waals surface area contributed by atoms with Gasteiger partial charge in [0.25, 0.3) is 5.91 Å². The van der Waals surface area contributed by atoms with Gasteiger partial charge in [-0.05, 0) is 36.6 Å². The first-order valence-corrected chi connectivity index (χ1v) is 8.89. The first kappa shape index (κ1) is 17.8. The lowest BCUT2D eigenvalue weighted by Gasteiger charge is -2.24. The third-order valence-corrected chi connectivity index (χ3v) is 4.67. The van der Waals surface area contributed by atoms with Crippen molar-refractivity contribution >= 4 is 35.0 Å². The van der Waals surface area contributed by atoms with Crippen LogP contribution in [0.1, 0.15) is 28.8 Å². The molecule has 25 heavy (non-hydrogen) atoms. The van der Waals surface area contributed by atoms with Crippen molar-refractivity contribution in [3.63, 3.8) is 0 Å². The van der Waals surface area contributed by atoms with Crippen molar-refractivity contribution in [1.82, 2.24) is 10.2 Å². The van der Waals surface area contributed by atoms with Crippen molar-refractivity contribution in [2.24, 2.45) is 0 Å². The molecule has 0 saturated carbocycles. The lowest BCUT2D eigenvalue weighted by molar-refractivity contribution is -0.125. The Bertz CT molecular complexity index is 760. The molecule has 1 heterocycles. The minimum atomic E-state index is -0.464. The molecule has 1 saturated heterocycles. The Labute approximate surface area is 156 Å². The second-order valence-electron chi connectivity index (χ2n) is 6.02. The monoisotopic (exact) mass is 376 g/mol. The van der Waals surface area contributed by atoms with E-state index in [2.05, 4.69) is 5.32 Å². The fourth-order valence-corrected chi connectivity index (χ4v) is 3.55. The molecule has 0 radical (unpaired) electrons. The van der Waals surface area contributed by atoms with Crippen molar-refractivity contribution < 1.29 is 9.59 Å².